The van der Waals surface area contributed by atoms with Gasteiger partial charge in [-0.15, -0.1) is 0 Å². The van der Waals surface area contributed by atoms with Gasteiger partial charge in [-0.25, -0.2) is 0 Å². The highest BCUT2D eigenvalue weighted by Gasteiger charge is 2.36. The normalized spacial score (nSPS) is 25.3. The molecule has 0 unspecified atom stereocenters. The molecule has 2 aromatic rings. The molecular weight excluding hydrogens is 266 g/mol. The van der Waals surface area contributed by atoms with E-state index in [1.54, 1.807) is 0 Å². The Balaban J connectivity index is 1.72. The smallest absolute Gasteiger partial charge is 0.105 e. The van der Waals surface area contributed by atoms with Crippen LogP contribution in [0.1, 0.15) is 43.7 Å². The number of rotatable bonds is 4. The van der Waals surface area contributed by atoms with E-state index in [4.69, 9.17) is 0 Å². The van der Waals surface area contributed by atoms with E-state index in [-0.39, 0.29) is 0 Å². The van der Waals surface area contributed by atoms with E-state index in [1.807, 2.05) is 0 Å². The topological polar surface area (TPSA) is 0 Å². The van der Waals surface area contributed by atoms with Crippen LogP contribution in [0.3, 0.4) is 0 Å². The largest absolute Gasteiger partial charge is 0.318 e. The minimum atomic E-state index is 0.692. The van der Waals surface area contributed by atoms with Gasteiger partial charge in [0.05, 0.1) is 19.1 Å². The molecule has 0 radical (unpaired) electrons. The molecule has 0 spiro atoms. The lowest BCUT2D eigenvalue weighted by Gasteiger charge is -2.47. The summed E-state index contributed by atoms with van der Waals surface area (Å²) in [5, 5.41) is 0. The van der Waals surface area contributed by atoms with E-state index >= 15 is 0 Å². The number of hydrogen-bond donors (Lipinski definition) is 0. The summed E-state index contributed by atoms with van der Waals surface area (Å²) in [6, 6.07) is 22.8. The van der Waals surface area contributed by atoms with Gasteiger partial charge in [-0.3, -0.25) is 0 Å². The summed E-state index contributed by atoms with van der Waals surface area (Å²) in [5.74, 6) is 0.752. The van der Waals surface area contributed by atoms with Crippen LogP contribution in [0.15, 0.2) is 60.7 Å². The molecule has 0 bridgehead atoms. The van der Waals surface area contributed by atoms with Crippen LogP contribution in [0.25, 0.3) is 0 Å². The Labute approximate surface area is 135 Å². The summed E-state index contributed by atoms with van der Waals surface area (Å²) in [6.45, 7) is 8.57. The second-order valence-corrected chi connectivity index (χ2v) is 7.09. The Morgan fingerprint density at radius 2 is 1.41 bits per heavy atom. The van der Waals surface area contributed by atoms with Crippen LogP contribution in [-0.2, 0) is 6.54 Å². The van der Waals surface area contributed by atoms with E-state index < -0.39 is 0 Å². The Hall–Kier alpha value is -1.60. The molecule has 1 fully saturated rings. The number of piperidine rings is 1. The van der Waals surface area contributed by atoms with E-state index in [0.717, 1.165) is 5.92 Å². The zero-order chi connectivity index (χ0) is 15.4. The van der Waals surface area contributed by atoms with Gasteiger partial charge < -0.3 is 4.48 Å². The fraction of sp³-hybridized carbons (Fsp3) is 0.429. The number of hydrogen-bond acceptors (Lipinski definition) is 0. The second kappa shape index (κ2) is 6.66. The first-order chi connectivity index (χ1) is 10.7. The Morgan fingerprint density at radius 3 is 1.95 bits per heavy atom. The van der Waals surface area contributed by atoms with Crippen molar-refractivity contribution in [3.63, 3.8) is 0 Å². The van der Waals surface area contributed by atoms with E-state index in [1.165, 1.54) is 48.1 Å². The average Bonchev–Trinajstić information content (AvgIpc) is 2.57. The fourth-order valence-corrected chi connectivity index (χ4v) is 3.94. The van der Waals surface area contributed by atoms with Crippen LogP contribution >= 0.6 is 0 Å². The fourth-order valence-electron chi connectivity index (χ4n) is 3.94. The van der Waals surface area contributed by atoms with E-state index in [2.05, 4.69) is 74.5 Å². The first kappa shape index (κ1) is 15.3. The molecule has 116 valence electrons. The van der Waals surface area contributed by atoms with Gasteiger partial charge in [-0.05, 0) is 25.3 Å². The van der Waals surface area contributed by atoms with Crippen molar-refractivity contribution < 1.29 is 4.48 Å². The summed E-state index contributed by atoms with van der Waals surface area (Å²) in [5.41, 5.74) is 3.01. The van der Waals surface area contributed by atoms with E-state index in [9.17, 15) is 0 Å². The maximum atomic E-state index is 2.39. The van der Waals surface area contributed by atoms with Crippen LogP contribution in [0, 0.1) is 0 Å². The monoisotopic (exact) mass is 294 g/mol. The van der Waals surface area contributed by atoms with Crippen molar-refractivity contribution in [3.8, 4) is 0 Å². The van der Waals surface area contributed by atoms with Gasteiger partial charge in [0.2, 0.25) is 0 Å². The maximum absolute atomic E-state index is 2.39. The molecule has 1 heterocycles. The molecule has 0 atom stereocenters. The third kappa shape index (κ3) is 3.25. The van der Waals surface area contributed by atoms with Crippen molar-refractivity contribution in [2.75, 3.05) is 13.1 Å². The lowest BCUT2D eigenvalue weighted by Crippen LogP contribution is -2.56. The number of benzene rings is 2. The van der Waals surface area contributed by atoms with Crippen LogP contribution in [0.4, 0.5) is 0 Å². The van der Waals surface area contributed by atoms with Crippen molar-refractivity contribution >= 4 is 0 Å². The zero-order valence-corrected chi connectivity index (χ0v) is 13.9. The first-order valence-electron chi connectivity index (χ1n) is 8.64. The molecule has 1 aliphatic heterocycles. The van der Waals surface area contributed by atoms with Gasteiger partial charge in [0.1, 0.15) is 6.54 Å². The standard InChI is InChI=1S/C21H28N/c1-18(2)22(17-19-9-5-3-6-10-19)15-13-21(14-16-22)20-11-7-4-8-12-20/h3-12,18,21H,13-17H2,1-2H3/q+1. The third-order valence-corrected chi connectivity index (χ3v) is 5.55. The lowest BCUT2D eigenvalue weighted by atomic mass is 9.87. The highest BCUT2D eigenvalue weighted by Crippen LogP contribution is 2.34. The van der Waals surface area contributed by atoms with Crippen molar-refractivity contribution in [2.24, 2.45) is 0 Å². The highest BCUT2D eigenvalue weighted by molar-refractivity contribution is 5.20. The van der Waals surface area contributed by atoms with Crippen molar-refractivity contribution in [2.45, 2.75) is 45.2 Å². The summed E-state index contributed by atoms with van der Waals surface area (Å²) in [4.78, 5) is 0. The molecule has 1 aliphatic rings. The predicted octanol–water partition coefficient (Wildman–Crippen LogP) is 4.99. The summed E-state index contributed by atoms with van der Waals surface area (Å²) in [6.07, 6.45) is 2.63. The maximum Gasteiger partial charge on any atom is 0.105 e. The van der Waals surface area contributed by atoms with Gasteiger partial charge in [-0.1, -0.05) is 60.7 Å². The molecule has 0 amide bonds. The minimum absolute atomic E-state index is 0.692. The summed E-state index contributed by atoms with van der Waals surface area (Å²) < 4.78 is 1.24. The van der Waals surface area contributed by atoms with Crippen LogP contribution < -0.4 is 0 Å². The molecule has 3 rings (SSSR count). The third-order valence-electron chi connectivity index (χ3n) is 5.55. The van der Waals surface area contributed by atoms with Gasteiger partial charge in [-0.2, -0.15) is 0 Å². The number of nitrogens with zero attached hydrogens (tertiary/aromatic N) is 1. The molecule has 1 heteroatoms. The molecule has 0 saturated carbocycles. The van der Waals surface area contributed by atoms with Gasteiger partial charge in [0.25, 0.3) is 0 Å². The summed E-state index contributed by atoms with van der Waals surface area (Å²) in [7, 11) is 0. The van der Waals surface area contributed by atoms with Crippen molar-refractivity contribution in [3.05, 3.63) is 71.8 Å². The zero-order valence-electron chi connectivity index (χ0n) is 13.9. The quantitative estimate of drug-likeness (QED) is 0.697. The second-order valence-electron chi connectivity index (χ2n) is 7.09. The van der Waals surface area contributed by atoms with Gasteiger partial charge in [0, 0.05) is 18.4 Å². The van der Waals surface area contributed by atoms with Crippen LogP contribution in [0.2, 0.25) is 0 Å². The van der Waals surface area contributed by atoms with Crippen molar-refractivity contribution in [1.29, 1.82) is 0 Å². The number of quaternary nitrogens is 1. The molecule has 22 heavy (non-hydrogen) atoms. The molecule has 0 aliphatic carbocycles. The Kier molecular flexibility index (Phi) is 4.63. The van der Waals surface area contributed by atoms with E-state index in [0.29, 0.717) is 6.04 Å². The molecule has 0 N–H and O–H groups in total. The minimum Gasteiger partial charge on any atom is -0.318 e. The molecule has 1 nitrogen and oxygen atoms in total. The molecule has 0 aromatic heterocycles. The van der Waals surface area contributed by atoms with Gasteiger partial charge in [0.15, 0.2) is 0 Å². The average molecular weight is 294 g/mol. The molecular formula is C21H28N+. The molecule has 2 aromatic carbocycles. The lowest BCUT2D eigenvalue weighted by molar-refractivity contribution is -0.964. The SMILES string of the molecule is CC(C)[N+]1(Cc2ccccc2)CCC(c2ccccc2)CC1. The number of likely N-dealkylation sites (tertiary alicyclic amines) is 1. The first-order valence-corrected chi connectivity index (χ1v) is 8.64. The van der Waals surface area contributed by atoms with Gasteiger partial charge >= 0.3 is 0 Å². The predicted molar refractivity (Wildman–Crippen MR) is 93.7 cm³/mol. The summed E-state index contributed by atoms with van der Waals surface area (Å²) >= 11 is 0. The Bertz CT molecular complexity index is 565. The van der Waals surface area contributed by atoms with Crippen LogP contribution in [-0.4, -0.2) is 23.6 Å². The van der Waals surface area contributed by atoms with Crippen LogP contribution in [0.5, 0.6) is 0 Å². The van der Waals surface area contributed by atoms with Crippen molar-refractivity contribution in [1.82, 2.24) is 0 Å². The highest BCUT2D eigenvalue weighted by atomic mass is 15.4. The Morgan fingerprint density at radius 1 is 0.864 bits per heavy atom. The molecule has 1 saturated heterocycles.